The van der Waals surface area contributed by atoms with Gasteiger partial charge in [0.05, 0.1) is 0 Å². The monoisotopic (exact) mass is 293 g/mol. The van der Waals surface area contributed by atoms with Gasteiger partial charge in [-0.3, -0.25) is 4.79 Å². The number of piperidine rings is 1. The highest BCUT2D eigenvalue weighted by atomic mass is 79.9. The molecule has 0 radical (unpaired) electrons. The molecule has 3 heteroatoms. The smallest absolute Gasteiger partial charge is 0.226 e. The van der Waals surface area contributed by atoms with Crippen LogP contribution in [0.5, 0.6) is 0 Å². The molecule has 1 aromatic carbocycles. The van der Waals surface area contributed by atoms with Crippen LogP contribution in [0, 0.1) is 18.8 Å². The van der Waals surface area contributed by atoms with Gasteiger partial charge in [-0.2, -0.15) is 0 Å². The molecule has 0 aromatic heterocycles. The highest BCUT2D eigenvalue weighted by Crippen LogP contribution is 2.46. The molecule has 1 saturated carbocycles. The first-order chi connectivity index (χ1) is 8.19. The number of aryl methyl sites for hydroxylation is 1. The number of amides is 1. The quantitative estimate of drug-likeness (QED) is 0.785. The summed E-state index contributed by atoms with van der Waals surface area (Å²) in [5.41, 5.74) is 3.86. The normalized spacial score (nSPS) is 26.2. The third-order valence-electron chi connectivity index (χ3n) is 3.93. The summed E-state index contributed by atoms with van der Waals surface area (Å²) >= 11 is 3.46. The van der Waals surface area contributed by atoms with Gasteiger partial charge in [-0.15, -0.1) is 0 Å². The van der Waals surface area contributed by atoms with Gasteiger partial charge in [-0.05, 0) is 36.0 Å². The molecule has 1 aliphatic heterocycles. The standard InChI is InChI=1S/C14H16BrNO/c1-9-4-10(6-15)2-3-11(9)7-16-8-12-5-13(12)14(16)17/h2-4,12-13H,5-8H2,1H3. The fourth-order valence-corrected chi connectivity index (χ4v) is 3.07. The van der Waals surface area contributed by atoms with Gasteiger partial charge < -0.3 is 4.90 Å². The molecule has 2 atom stereocenters. The van der Waals surface area contributed by atoms with Crippen molar-refractivity contribution < 1.29 is 4.79 Å². The fourth-order valence-electron chi connectivity index (χ4n) is 2.73. The number of benzene rings is 1. The van der Waals surface area contributed by atoms with E-state index in [1.54, 1.807) is 0 Å². The zero-order valence-corrected chi connectivity index (χ0v) is 11.5. The van der Waals surface area contributed by atoms with Gasteiger partial charge in [0.15, 0.2) is 0 Å². The highest BCUT2D eigenvalue weighted by molar-refractivity contribution is 9.08. The van der Waals surface area contributed by atoms with Crippen molar-refractivity contribution in [1.82, 2.24) is 4.90 Å². The molecule has 0 spiro atoms. The van der Waals surface area contributed by atoms with Gasteiger partial charge in [0.25, 0.3) is 0 Å². The van der Waals surface area contributed by atoms with Gasteiger partial charge in [-0.1, -0.05) is 34.1 Å². The van der Waals surface area contributed by atoms with Crippen molar-refractivity contribution in [3.8, 4) is 0 Å². The van der Waals surface area contributed by atoms with Crippen molar-refractivity contribution >= 4 is 21.8 Å². The number of alkyl halides is 1. The molecule has 3 rings (SSSR count). The van der Waals surface area contributed by atoms with Crippen LogP contribution >= 0.6 is 15.9 Å². The molecule has 2 nitrogen and oxygen atoms in total. The van der Waals surface area contributed by atoms with E-state index >= 15 is 0 Å². The van der Waals surface area contributed by atoms with Crippen LogP contribution in [0.2, 0.25) is 0 Å². The largest absolute Gasteiger partial charge is 0.338 e. The van der Waals surface area contributed by atoms with Crippen LogP contribution < -0.4 is 0 Å². The van der Waals surface area contributed by atoms with E-state index in [4.69, 9.17) is 0 Å². The first-order valence-corrected chi connectivity index (χ1v) is 7.24. The number of carbonyl (C=O) groups is 1. The maximum absolute atomic E-state index is 11.9. The molecule has 2 unspecified atom stereocenters. The lowest BCUT2D eigenvalue weighted by Gasteiger charge is -2.19. The zero-order valence-electron chi connectivity index (χ0n) is 9.95. The lowest BCUT2D eigenvalue weighted by atomic mass is 10.1. The Hall–Kier alpha value is -0.830. The second-order valence-corrected chi connectivity index (χ2v) is 5.78. The van der Waals surface area contributed by atoms with Crippen LogP contribution in [0.4, 0.5) is 0 Å². The molecule has 2 fully saturated rings. The van der Waals surface area contributed by atoms with Crippen molar-refractivity contribution in [3.05, 3.63) is 34.9 Å². The summed E-state index contributed by atoms with van der Waals surface area (Å²) in [5.74, 6) is 1.42. The molecule has 1 amide bonds. The van der Waals surface area contributed by atoms with Crippen molar-refractivity contribution in [2.45, 2.75) is 25.2 Å². The molecule has 90 valence electrons. The van der Waals surface area contributed by atoms with Crippen LogP contribution in [-0.2, 0) is 16.7 Å². The van der Waals surface area contributed by atoms with Crippen LogP contribution in [0.15, 0.2) is 18.2 Å². The Morgan fingerprint density at radius 1 is 1.47 bits per heavy atom. The number of halogens is 1. The van der Waals surface area contributed by atoms with Crippen molar-refractivity contribution in [2.24, 2.45) is 11.8 Å². The summed E-state index contributed by atoms with van der Waals surface area (Å²) in [6.07, 6.45) is 1.14. The minimum atomic E-state index is 0.372. The molecule has 1 aromatic rings. The van der Waals surface area contributed by atoms with E-state index in [-0.39, 0.29) is 0 Å². The Labute approximate surface area is 110 Å². The Balaban J connectivity index is 1.75. The summed E-state index contributed by atoms with van der Waals surface area (Å²) in [5, 5.41) is 0.890. The molecule has 0 bridgehead atoms. The lowest BCUT2D eigenvalue weighted by molar-refractivity contribution is -0.130. The molecule has 1 saturated heterocycles. The fraction of sp³-hybridized carbons (Fsp3) is 0.500. The third-order valence-corrected chi connectivity index (χ3v) is 4.58. The second-order valence-electron chi connectivity index (χ2n) is 5.22. The molecule has 1 aliphatic carbocycles. The van der Waals surface area contributed by atoms with Crippen LogP contribution in [-0.4, -0.2) is 17.4 Å². The first kappa shape index (κ1) is 11.3. The minimum Gasteiger partial charge on any atom is -0.338 e. The summed E-state index contributed by atoms with van der Waals surface area (Å²) in [6.45, 7) is 3.89. The van der Waals surface area contributed by atoms with Crippen molar-refractivity contribution in [3.63, 3.8) is 0 Å². The van der Waals surface area contributed by atoms with E-state index in [0.29, 0.717) is 17.7 Å². The van der Waals surface area contributed by atoms with Crippen LogP contribution in [0.1, 0.15) is 23.1 Å². The van der Waals surface area contributed by atoms with E-state index in [0.717, 1.165) is 24.8 Å². The van der Waals surface area contributed by atoms with Gasteiger partial charge >= 0.3 is 0 Å². The number of rotatable bonds is 3. The SMILES string of the molecule is Cc1cc(CBr)ccc1CN1CC2CC2C1=O. The number of hydrogen-bond donors (Lipinski definition) is 0. The lowest BCUT2D eigenvalue weighted by Crippen LogP contribution is -2.28. The number of likely N-dealkylation sites (tertiary alicyclic amines) is 1. The Kier molecular flexibility index (Phi) is 2.74. The molecule has 0 N–H and O–H groups in total. The topological polar surface area (TPSA) is 20.3 Å². The predicted octanol–water partition coefficient (Wildman–Crippen LogP) is 2.87. The van der Waals surface area contributed by atoms with E-state index in [1.165, 1.54) is 16.7 Å². The first-order valence-electron chi connectivity index (χ1n) is 6.12. The molecular weight excluding hydrogens is 278 g/mol. The Bertz CT molecular complexity index is 471. The van der Waals surface area contributed by atoms with Crippen LogP contribution in [0.3, 0.4) is 0 Å². The summed E-state index contributed by atoms with van der Waals surface area (Å²) in [6, 6.07) is 6.49. The zero-order chi connectivity index (χ0) is 12.0. The Morgan fingerprint density at radius 3 is 2.88 bits per heavy atom. The van der Waals surface area contributed by atoms with E-state index in [9.17, 15) is 4.79 Å². The van der Waals surface area contributed by atoms with E-state index in [1.807, 2.05) is 4.90 Å². The van der Waals surface area contributed by atoms with E-state index in [2.05, 4.69) is 41.1 Å². The number of nitrogens with zero attached hydrogens (tertiary/aromatic N) is 1. The predicted molar refractivity (Wildman–Crippen MR) is 70.8 cm³/mol. The molecular formula is C14H16BrNO. The average Bonchev–Trinajstić information content (AvgIpc) is 3.03. The highest BCUT2D eigenvalue weighted by Gasteiger charge is 2.51. The van der Waals surface area contributed by atoms with E-state index < -0.39 is 0 Å². The average molecular weight is 294 g/mol. The second kappa shape index (κ2) is 4.13. The number of carbonyl (C=O) groups excluding carboxylic acids is 1. The van der Waals surface area contributed by atoms with Gasteiger partial charge in [0.2, 0.25) is 5.91 Å². The number of fused-ring (bicyclic) bond motifs is 1. The van der Waals surface area contributed by atoms with Gasteiger partial charge in [-0.25, -0.2) is 0 Å². The van der Waals surface area contributed by atoms with Crippen molar-refractivity contribution in [1.29, 1.82) is 0 Å². The summed E-state index contributed by atoms with van der Waals surface area (Å²) < 4.78 is 0. The van der Waals surface area contributed by atoms with Gasteiger partial charge in [0, 0.05) is 24.3 Å². The molecule has 17 heavy (non-hydrogen) atoms. The molecule has 1 heterocycles. The molecule has 2 aliphatic rings. The van der Waals surface area contributed by atoms with Crippen molar-refractivity contribution in [2.75, 3.05) is 6.54 Å². The maximum Gasteiger partial charge on any atom is 0.226 e. The van der Waals surface area contributed by atoms with Gasteiger partial charge in [0.1, 0.15) is 0 Å². The van der Waals surface area contributed by atoms with Crippen LogP contribution in [0.25, 0.3) is 0 Å². The maximum atomic E-state index is 11.9. The summed E-state index contributed by atoms with van der Waals surface area (Å²) in [4.78, 5) is 13.9. The third kappa shape index (κ3) is 2.01. The minimum absolute atomic E-state index is 0.372. The summed E-state index contributed by atoms with van der Waals surface area (Å²) in [7, 11) is 0. The number of hydrogen-bond acceptors (Lipinski definition) is 1. The Morgan fingerprint density at radius 2 is 2.29 bits per heavy atom.